The van der Waals surface area contributed by atoms with Gasteiger partial charge in [0.25, 0.3) is 0 Å². The van der Waals surface area contributed by atoms with E-state index in [1.54, 1.807) is 13.8 Å². The number of nitrogens with zero attached hydrogens (tertiary/aromatic N) is 2. The number of hydrogen-bond acceptors (Lipinski definition) is 4. The molecule has 0 unspecified atom stereocenters. The van der Waals surface area contributed by atoms with Gasteiger partial charge in [0.2, 0.25) is 0 Å². The number of para-hydroxylation sites is 1. The average Bonchev–Trinajstić information content (AvgIpc) is 3.04. The van der Waals surface area contributed by atoms with Gasteiger partial charge in [-0.25, -0.2) is 9.79 Å². The van der Waals surface area contributed by atoms with Crippen LogP contribution in [0.4, 0.5) is 0 Å². The zero-order valence-corrected chi connectivity index (χ0v) is 16.3. The number of esters is 1. The summed E-state index contributed by atoms with van der Waals surface area (Å²) in [5.41, 5.74) is 6.34. The minimum Gasteiger partial charge on any atom is -0.505 e. The highest BCUT2D eigenvalue weighted by molar-refractivity contribution is 6.22. The number of benzene rings is 1. The number of carbonyl (C=O) groups is 1. The van der Waals surface area contributed by atoms with Gasteiger partial charge in [-0.05, 0) is 64.0 Å². The highest BCUT2D eigenvalue weighted by atomic mass is 16.5. The summed E-state index contributed by atoms with van der Waals surface area (Å²) < 4.78 is 7.19. The Morgan fingerprint density at radius 1 is 1.22 bits per heavy atom. The summed E-state index contributed by atoms with van der Waals surface area (Å²) in [7, 11) is 0. The topological polar surface area (TPSA) is 63.8 Å². The molecule has 5 heteroatoms. The second-order valence-corrected chi connectivity index (χ2v) is 6.62. The van der Waals surface area contributed by atoms with Crippen molar-refractivity contribution in [2.75, 3.05) is 6.61 Å². The van der Waals surface area contributed by atoms with Crippen LogP contribution in [0.15, 0.2) is 52.4 Å². The summed E-state index contributed by atoms with van der Waals surface area (Å²) >= 11 is 0. The van der Waals surface area contributed by atoms with Crippen molar-refractivity contribution < 1.29 is 14.6 Å². The van der Waals surface area contributed by atoms with Crippen LogP contribution >= 0.6 is 0 Å². The monoisotopic (exact) mass is 364 g/mol. The predicted molar refractivity (Wildman–Crippen MR) is 107 cm³/mol. The smallest absolute Gasteiger partial charge is 0.343 e. The van der Waals surface area contributed by atoms with Crippen molar-refractivity contribution in [3.63, 3.8) is 0 Å². The lowest BCUT2D eigenvalue weighted by molar-refractivity contribution is -0.138. The van der Waals surface area contributed by atoms with Gasteiger partial charge in [-0.3, -0.25) is 0 Å². The van der Waals surface area contributed by atoms with E-state index >= 15 is 0 Å². The van der Waals surface area contributed by atoms with Crippen LogP contribution in [0.25, 0.3) is 11.8 Å². The number of rotatable bonds is 4. The van der Waals surface area contributed by atoms with Gasteiger partial charge in [-0.2, -0.15) is 0 Å². The standard InChI is InChI=1S/C22H24N2O3/c1-6-27-22(26)20-15(4)23-18(21(20)25)12-17-11-14(3)24(16(17)5)19-10-8-7-9-13(19)2/h7-12,25H,6H2,1-5H3/b18-12+. The van der Waals surface area contributed by atoms with Crippen LogP contribution in [-0.2, 0) is 9.53 Å². The molecule has 140 valence electrons. The molecule has 0 saturated heterocycles. The van der Waals surface area contributed by atoms with Gasteiger partial charge in [0.15, 0.2) is 5.76 Å². The van der Waals surface area contributed by atoms with E-state index in [-0.39, 0.29) is 17.9 Å². The van der Waals surface area contributed by atoms with Crippen LogP contribution in [0.2, 0.25) is 0 Å². The molecular formula is C22H24N2O3. The quantitative estimate of drug-likeness (QED) is 0.807. The first kappa shape index (κ1) is 18.7. The number of aryl methyl sites for hydroxylation is 2. The molecule has 3 rings (SSSR count). The first-order valence-electron chi connectivity index (χ1n) is 8.98. The van der Waals surface area contributed by atoms with Crippen molar-refractivity contribution in [1.29, 1.82) is 0 Å². The zero-order chi connectivity index (χ0) is 19.7. The van der Waals surface area contributed by atoms with E-state index in [2.05, 4.69) is 34.7 Å². The molecule has 27 heavy (non-hydrogen) atoms. The molecule has 1 aromatic heterocycles. The molecule has 1 N–H and O–H groups in total. The summed E-state index contributed by atoms with van der Waals surface area (Å²) in [6.07, 6.45) is 1.81. The second-order valence-electron chi connectivity index (χ2n) is 6.62. The Kier molecular flexibility index (Phi) is 5.04. The normalized spacial score (nSPS) is 15.4. The van der Waals surface area contributed by atoms with Crippen LogP contribution < -0.4 is 0 Å². The SMILES string of the molecule is CCOC(=O)C1=C(O)/C(=C\c2cc(C)n(-c3ccccc3C)c2C)N=C1C. The van der Waals surface area contributed by atoms with E-state index in [1.165, 1.54) is 5.56 Å². The van der Waals surface area contributed by atoms with Crippen LogP contribution in [0.3, 0.4) is 0 Å². The van der Waals surface area contributed by atoms with Gasteiger partial charge in [0.05, 0.1) is 12.3 Å². The van der Waals surface area contributed by atoms with Crippen LogP contribution in [0.1, 0.15) is 36.4 Å². The van der Waals surface area contributed by atoms with Crippen LogP contribution in [0, 0.1) is 20.8 Å². The number of aliphatic hydroxyl groups is 1. The lowest BCUT2D eigenvalue weighted by Gasteiger charge is -2.12. The van der Waals surface area contributed by atoms with E-state index < -0.39 is 5.97 Å². The Balaban J connectivity index is 2.06. The number of aromatic nitrogens is 1. The van der Waals surface area contributed by atoms with Crippen molar-refractivity contribution >= 4 is 17.8 Å². The predicted octanol–water partition coefficient (Wildman–Crippen LogP) is 4.59. The largest absolute Gasteiger partial charge is 0.505 e. The first-order chi connectivity index (χ1) is 12.8. The average molecular weight is 364 g/mol. The fourth-order valence-corrected chi connectivity index (χ4v) is 3.40. The third-order valence-electron chi connectivity index (χ3n) is 4.73. The number of aliphatic hydroxyl groups excluding tert-OH is 1. The van der Waals surface area contributed by atoms with Gasteiger partial charge in [-0.1, -0.05) is 18.2 Å². The molecular weight excluding hydrogens is 340 g/mol. The molecule has 5 nitrogen and oxygen atoms in total. The van der Waals surface area contributed by atoms with Crippen molar-refractivity contribution in [2.45, 2.75) is 34.6 Å². The molecule has 0 amide bonds. The fraction of sp³-hybridized carbons (Fsp3) is 0.273. The summed E-state index contributed by atoms with van der Waals surface area (Å²) in [4.78, 5) is 16.4. The van der Waals surface area contributed by atoms with Gasteiger partial charge in [0, 0.05) is 17.1 Å². The molecule has 1 aliphatic heterocycles. The molecule has 1 aliphatic rings. The van der Waals surface area contributed by atoms with Crippen LogP contribution in [-0.4, -0.2) is 28.0 Å². The molecule has 0 fully saturated rings. The molecule has 2 aromatic rings. The molecule has 0 saturated carbocycles. The van der Waals surface area contributed by atoms with Gasteiger partial charge in [0.1, 0.15) is 11.3 Å². The van der Waals surface area contributed by atoms with E-state index in [1.807, 2.05) is 32.1 Å². The van der Waals surface area contributed by atoms with Gasteiger partial charge >= 0.3 is 5.97 Å². The molecule has 0 aliphatic carbocycles. The first-order valence-corrected chi connectivity index (χ1v) is 8.98. The molecule has 2 heterocycles. The Labute approximate surface area is 159 Å². The maximum atomic E-state index is 12.1. The third kappa shape index (κ3) is 3.33. The van der Waals surface area contributed by atoms with Crippen molar-refractivity contribution in [1.82, 2.24) is 4.57 Å². The third-order valence-corrected chi connectivity index (χ3v) is 4.73. The van der Waals surface area contributed by atoms with Crippen molar-refractivity contribution in [2.24, 2.45) is 4.99 Å². The summed E-state index contributed by atoms with van der Waals surface area (Å²) in [5, 5.41) is 10.5. The lowest BCUT2D eigenvalue weighted by Crippen LogP contribution is -2.13. The highest BCUT2D eigenvalue weighted by Gasteiger charge is 2.28. The Morgan fingerprint density at radius 3 is 2.59 bits per heavy atom. The molecule has 0 atom stereocenters. The van der Waals surface area contributed by atoms with E-state index in [0.717, 1.165) is 22.6 Å². The fourth-order valence-electron chi connectivity index (χ4n) is 3.40. The number of aliphatic imine (C=N–C) groups is 1. The molecule has 0 spiro atoms. The maximum Gasteiger partial charge on any atom is 0.343 e. The van der Waals surface area contributed by atoms with Crippen molar-refractivity contribution in [3.05, 3.63) is 69.9 Å². The number of carbonyl (C=O) groups excluding carboxylic acids is 1. The molecule has 1 aromatic carbocycles. The number of ether oxygens (including phenoxy) is 1. The van der Waals surface area contributed by atoms with E-state index in [9.17, 15) is 9.90 Å². The molecule has 0 bridgehead atoms. The summed E-state index contributed by atoms with van der Waals surface area (Å²) in [5.74, 6) is -0.684. The van der Waals surface area contributed by atoms with Gasteiger partial charge in [-0.15, -0.1) is 0 Å². The summed E-state index contributed by atoms with van der Waals surface area (Å²) in [6.45, 7) is 9.83. The Hall–Kier alpha value is -3.08. The maximum absolute atomic E-state index is 12.1. The zero-order valence-electron chi connectivity index (χ0n) is 16.3. The summed E-state index contributed by atoms with van der Waals surface area (Å²) in [6, 6.07) is 10.3. The molecule has 0 radical (unpaired) electrons. The minimum atomic E-state index is -0.551. The second kappa shape index (κ2) is 7.27. The lowest BCUT2D eigenvalue weighted by atomic mass is 10.1. The Bertz CT molecular complexity index is 1010. The Morgan fingerprint density at radius 2 is 1.93 bits per heavy atom. The number of hydrogen-bond donors (Lipinski definition) is 1. The van der Waals surface area contributed by atoms with Crippen molar-refractivity contribution in [3.8, 4) is 5.69 Å². The highest BCUT2D eigenvalue weighted by Crippen LogP contribution is 2.29. The van der Waals surface area contributed by atoms with Gasteiger partial charge < -0.3 is 14.4 Å². The minimum absolute atomic E-state index is 0.133. The van der Waals surface area contributed by atoms with Crippen LogP contribution in [0.5, 0.6) is 0 Å². The van der Waals surface area contributed by atoms with E-state index in [4.69, 9.17) is 4.74 Å². The van der Waals surface area contributed by atoms with E-state index in [0.29, 0.717) is 11.4 Å².